The minimum Gasteiger partial charge on any atom is -0.351 e. The third kappa shape index (κ3) is 5.83. The van der Waals surface area contributed by atoms with Crippen LogP contribution in [0.5, 0.6) is 0 Å². The van der Waals surface area contributed by atoms with Crippen molar-refractivity contribution >= 4 is 50.6 Å². The van der Waals surface area contributed by atoms with Crippen LogP contribution in [0, 0.1) is 5.82 Å². The van der Waals surface area contributed by atoms with Gasteiger partial charge in [-0.05, 0) is 55.5 Å². The maximum absolute atomic E-state index is 14.6. The van der Waals surface area contributed by atoms with Gasteiger partial charge in [0.25, 0.3) is 5.91 Å². The van der Waals surface area contributed by atoms with Crippen molar-refractivity contribution in [3.8, 4) is 0 Å². The summed E-state index contributed by atoms with van der Waals surface area (Å²) in [7, 11) is -2.94. The molecule has 0 bridgehead atoms. The van der Waals surface area contributed by atoms with E-state index in [1.54, 1.807) is 36.4 Å². The van der Waals surface area contributed by atoms with E-state index < -0.39 is 39.4 Å². The van der Waals surface area contributed by atoms with Crippen LogP contribution >= 0.6 is 11.6 Å². The number of amides is 2. The fourth-order valence-corrected chi connectivity index (χ4v) is 7.55. The summed E-state index contributed by atoms with van der Waals surface area (Å²) in [4.78, 5) is 38.4. The molecule has 8 nitrogen and oxygen atoms in total. The molecule has 40 heavy (non-hydrogen) atoms. The Morgan fingerprint density at radius 3 is 2.48 bits per heavy atom. The molecule has 1 unspecified atom stereocenters. The molecule has 0 radical (unpaired) electrons. The summed E-state index contributed by atoms with van der Waals surface area (Å²) < 4.78 is 29.5. The average Bonchev–Trinajstić information content (AvgIpc) is 3.27. The Labute approximate surface area is 238 Å². The minimum absolute atomic E-state index is 0.0463. The molecule has 1 aliphatic heterocycles. The summed E-state index contributed by atoms with van der Waals surface area (Å²) in [6.45, 7) is 0. The molecule has 3 aromatic rings. The van der Waals surface area contributed by atoms with Crippen LogP contribution in [-0.2, 0) is 19.3 Å². The number of hydrogen-bond acceptors (Lipinski definition) is 5. The Morgan fingerprint density at radius 2 is 1.77 bits per heavy atom. The number of rotatable bonds is 7. The Kier molecular flexibility index (Phi) is 8.37. The number of carbonyl (C=O) groups excluding carboxylic acids is 2. The molecule has 2 aromatic carbocycles. The molecule has 2 heterocycles. The van der Waals surface area contributed by atoms with Gasteiger partial charge in [-0.3, -0.25) is 18.8 Å². The van der Waals surface area contributed by atoms with Gasteiger partial charge in [0.15, 0.2) is 0 Å². The molecule has 1 aliphatic carbocycles. The van der Waals surface area contributed by atoms with Gasteiger partial charge in [0.1, 0.15) is 17.9 Å². The van der Waals surface area contributed by atoms with Gasteiger partial charge >= 0.3 is 0 Å². The number of aromatic nitrogens is 2. The lowest BCUT2D eigenvalue weighted by Gasteiger charge is -2.36. The maximum atomic E-state index is 14.6. The Morgan fingerprint density at radius 1 is 1.05 bits per heavy atom. The van der Waals surface area contributed by atoms with Gasteiger partial charge in [-0.25, -0.2) is 18.6 Å². The zero-order valence-electron chi connectivity index (χ0n) is 21.9. The summed E-state index contributed by atoms with van der Waals surface area (Å²) in [5, 5.41) is 3.41. The fraction of sp³-hybridized carbons (Fsp3) is 0.345. The van der Waals surface area contributed by atoms with Gasteiger partial charge in [0, 0.05) is 40.5 Å². The summed E-state index contributed by atoms with van der Waals surface area (Å²) in [5.74, 6) is 2.55. The number of benzene rings is 2. The van der Waals surface area contributed by atoms with Crippen LogP contribution in [0.3, 0.4) is 0 Å². The SMILES string of the molecule is C=S1(=O)CC[C@@H](C(=O)N(c2cccc(F)c2)[C@H](C(=O)NC2CCCCC2)c2ccccc2Cl)N1c1ncccn1. The van der Waals surface area contributed by atoms with E-state index in [2.05, 4.69) is 21.2 Å². The van der Waals surface area contributed by atoms with Crippen molar-refractivity contribution in [2.24, 2.45) is 0 Å². The van der Waals surface area contributed by atoms with Gasteiger partial charge in [0.2, 0.25) is 11.9 Å². The van der Waals surface area contributed by atoms with E-state index in [0.717, 1.165) is 32.1 Å². The molecular weight excluding hydrogens is 553 g/mol. The standard InChI is InChI=1S/C29H31ClFN5O3S/c1-40(39)18-15-25(36(40)29-32-16-8-17-33-29)28(38)35(22-12-7-9-20(31)19-22)26(23-13-5-6-14-24(23)30)27(37)34-21-10-3-2-4-11-21/h5-9,12-14,16-17,19,21,25-26H,1-4,10-11,15,18H2,(H,34,37)/t25-,26-,40?/m0/s1. The molecule has 2 fully saturated rings. The summed E-state index contributed by atoms with van der Waals surface area (Å²) >= 11 is 6.62. The van der Waals surface area contributed by atoms with E-state index in [0.29, 0.717) is 5.56 Å². The van der Waals surface area contributed by atoms with Crippen LogP contribution in [0.1, 0.15) is 50.1 Å². The van der Waals surface area contributed by atoms with E-state index in [1.807, 2.05) is 0 Å². The lowest BCUT2D eigenvalue weighted by atomic mass is 9.94. The Bertz CT molecular complexity index is 1480. The summed E-state index contributed by atoms with van der Waals surface area (Å²) in [6.07, 6.45) is 7.95. The van der Waals surface area contributed by atoms with Crippen LogP contribution in [0.25, 0.3) is 0 Å². The smallest absolute Gasteiger partial charge is 0.251 e. The van der Waals surface area contributed by atoms with Gasteiger partial charge in [-0.15, -0.1) is 0 Å². The van der Waals surface area contributed by atoms with E-state index in [-0.39, 0.29) is 34.9 Å². The molecule has 2 amide bonds. The average molecular weight is 584 g/mol. The number of halogens is 2. The van der Waals surface area contributed by atoms with Crippen LogP contribution in [-0.4, -0.2) is 49.7 Å². The third-order valence-electron chi connectivity index (χ3n) is 7.37. The molecule has 1 saturated heterocycles. The van der Waals surface area contributed by atoms with Crippen molar-refractivity contribution in [1.29, 1.82) is 0 Å². The predicted molar refractivity (Wildman–Crippen MR) is 156 cm³/mol. The van der Waals surface area contributed by atoms with Crippen LogP contribution in [0.4, 0.5) is 16.0 Å². The number of anilines is 2. The molecule has 5 rings (SSSR count). The van der Waals surface area contributed by atoms with Crippen molar-refractivity contribution in [1.82, 2.24) is 15.3 Å². The number of hydrogen-bond donors (Lipinski definition) is 1. The lowest BCUT2D eigenvalue weighted by molar-refractivity contribution is -0.127. The van der Waals surface area contributed by atoms with Crippen molar-refractivity contribution in [3.05, 3.63) is 83.4 Å². The first-order valence-corrected chi connectivity index (χ1v) is 15.5. The molecule has 3 atom stereocenters. The summed E-state index contributed by atoms with van der Waals surface area (Å²) in [6, 6.07) is 11.7. The molecule has 1 saturated carbocycles. The van der Waals surface area contributed by atoms with E-state index in [9.17, 15) is 18.2 Å². The number of nitrogens with one attached hydrogen (secondary N) is 1. The van der Waals surface area contributed by atoms with E-state index >= 15 is 0 Å². The van der Waals surface area contributed by atoms with Crippen LogP contribution < -0.4 is 14.5 Å². The zero-order chi connectivity index (χ0) is 28.3. The first-order valence-electron chi connectivity index (χ1n) is 13.3. The third-order valence-corrected chi connectivity index (χ3v) is 9.72. The maximum Gasteiger partial charge on any atom is 0.251 e. The monoisotopic (exact) mass is 583 g/mol. The highest BCUT2D eigenvalue weighted by Gasteiger charge is 2.45. The van der Waals surface area contributed by atoms with Crippen molar-refractivity contribution in [2.75, 3.05) is 15.0 Å². The largest absolute Gasteiger partial charge is 0.351 e. The normalized spacial score (nSPS) is 22.1. The first kappa shape index (κ1) is 28.0. The predicted octanol–water partition coefficient (Wildman–Crippen LogP) is 4.70. The van der Waals surface area contributed by atoms with Crippen LogP contribution in [0.2, 0.25) is 5.02 Å². The zero-order valence-corrected chi connectivity index (χ0v) is 23.5. The second-order valence-corrected chi connectivity index (χ2v) is 12.9. The molecular formula is C29H31ClFN5O3S. The molecule has 0 spiro atoms. The van der Waals surface area contributed by atoms with E-state index in [4.69, 9.17) is 11.6 Å². The Balaban J connectivity index is 1.63. The molecule has 1 aromatic heterocycles. The van der Waals surface area contributed by atoms with Crippen molar-refractivity contribution in [3.63, 3.8) is 0 Å². The highest BCUT2D eigenvalue weighted by atomic mass is 35.5. The second-order valence-electron chi connectivity index (χ2n) is 10.1. The van der Waals surface area contributed by atoms with Crippen molar-refractivity contribution < 1.29 is 18.2 Å². The molecule has 2 aliphatic rings. The minimum atomic E-state index is -2.94. The quantitative estimate of drug-likeness (QED) is 0.407. The number of nitrogens with zero attached hydrogens (tertiary/aromatic N) is 4. The van der Waals surface area contributed by atoms with Gasteiger partial charge in [-0.2, -0.15) is 0 Å². The highest BCUT2D eigenvalue weighted by molar-refractivity contribution is 8.01. The van der Waals surface area contributed by atoms with Crippen LogP contribution in [0.15, 0.2) is 67.0 Å². The van der Waals surface area contributed by atoms with Gasteiger partial charge in [-0.1, -0.05) is 55.1 Å². The number of carbonyl (C=O) groups is 2. The molecule has 210 valence electrons. The first-order chi connectivity index (χ1) is 19.3. The highest BCUT2D eigenvalue weighted by Crippen LogP contribution is 2.36. The second kappa shape index (κ2) is 11.9. The Hall–Kier alpha value is -3.50. The lowest BCUT2D eigenvalue weighted by Crippen LogP contribution is -2.53. The topological polar surface area (TPSA) is 95.5 Å². The van der Waals surface area contributed by atoms with Crippen molar-refractivity contribution in [2.45, 2.75) is 56.7 Å². The fourth-order valence-electron chi connectivity index (χ4n) is 5.47. The molecule has 11 heteroatoms. The summed E-state index contributed by atoms with van der Waals surface area (Å²) in [5.41, 5.74) is 0.566. The van der Waals surface area contributed by atoms with E-state index in [1.165, 1.54) is 39.8 Å². The molecule has 1 N–H and O–H groups in total. The van der Waals surface area contributed by atoms with Gasteiger partial charge < -0.3 is 5.32 Å². The van der Waals surface area contributed by atoms with Gasteiger partial charge in [0.05, 0.1) is 9.71 Å².